The zero-order valence-electron chi connectivity index (χ0n) is 40.6. The number of methoxy groups -OCH3 is 1. The fourth-order valence-electron chi connectivity index (χ4n) is 6.15. The van der Waals surface area contributed by atoms with Gasteiger partial charge in [0.05, 0.1) is 7.11 Å². The number of carbonyl (C=O) groups excluding carboxylic acids is 9. The second-order valence-corrected chi connectivity index (χ2v) is 19.1. The molecule has 0 saturated carbocycles. The maximum absolute atomic E-state index is 14.1. The van der Waals surface area contributed by atoms with Crippen LogP contribution in [0.2, 0.25) is 0 Å². The lowest BCUT2D eigenvalue weighted by molar-refractivity contribution is -0.150. The summed E-state index contributed by atoms with van der Waals surface area (Å²) in [5.41, 5.74) is -4.06. The van der Waals surface area contributed by atoms with Gasteiger partial charge in [-0.2, -0.15) is 0 Å². The zero-order valence-corrected chi connectivity index (χ0v) is 40.6. The number of carbonyl (C=O) groups is 9. The molecule has 0 radical (unpaired) electrons. The fraction of sp³-hybridized carbons (Fsp3) is 0.553. The van der Waals surface area contributed by atoms with Crippen molar-refractivity contribution in [2.45, 2.75) is 155 Å². The lowest BCUT2D eigenvalue weighted by Gasteiger charge is -2.31. The highest BCUT2D eigenvalue weighted by molar-refractivity contribution is 5.99. The summed E-state index contributed by atoms with van der Waals surface area (Å²) < 4.78 is 10.0. The molecule has 8 amide bonds. The van der Waals surface area contributed by atoms with Crippen molar-refractivity contribution >= 4 is 53.4 Å². The molecular weight excluding hydrogens is 853 g/mol. The van der Waals surface area contributed by atoms with E-state index in [4.69, 9.17) is 9.47 Å². The van der Waals surface area contributed by atoms with E-state index in [0.29, 0.717) is 11.1 Å². The van der Waals surface area contributed by atoms with E-state index in [9.17, 15) is 43.2 Å². The third kappa shape index (κ3) is 17.8. The summed E-state index contributed by atoms with van der Waals surface area (Å²) in [5, 5.41) is 20.9. The summed E-state index contributed by atoms with van der Waals surface area (Å²) in [6.07, 6.45) is -0.863. The first-order valence-electron chi connectivity index (χ1n) is 21.7. The fourth-order valence-corrected chi connectivity index (χ4v) is 6.15. The van der Waals surface area contributed by atoms with Gasteiger partial charge in [0.15, 0.2) is 0 Å². The molecule has 19 heteroatoms. The molecule has 66 heavy (non-hydrogen) atoms. The van der Waals surface area contributed by atoms with Crippen LogP contribution in [0.4, 0.5) is 4.79 Å². The Morgan fingerprint density at radius 2 is 0.909 bits per heavy atom. The minimum Gasteiger partial charge on any atom is -0.467 e. The highest BCUT2D eigenvalue weighted by Crippen LogP contribution is 2.14. The summed E-state index contributed by atoms with van der Waals surface area (Å²) >= 11 is 0. The van der Waals surface area contributed by atoms with Gasteiger partial charge in [-0.05, 0) is 93.2 Å². The molecule has 0 spiro atoms. The van der Waals surface area contributed by atoms with Crippen LogP contribution >= 0.6 is 0 Å². The second kappa shape index (κ2) is 23.6. The molecule has 2 aromatic rings. The predicted molar refractivity (Wildman–Crippen MR) is 246 cm³/mol. The van der Waals surface area contributed by atoms with Gasteiger partial charge in [0.25, 0.3) is 0 Å². The minimum absolute atomic E-state index is 0.0101. The third-order valence-electron chi connectivity index (χ3n) is 10.1. The highest BCUT2D eigenvalue weighted by atomic mass is 16.6. The molecule has 0 aliphatic heterocycles. The molecule has 0 aliphatic carbocycles. The van der Waals surface area contributed by atoms with Crippen LogP contribution in [0.25, 0.3) is 0 Å². The van der Waals surface area contributed by atoms with E-state index in [0.717, 1.165) is 0 Å². The standard InChI is InChI=1S/C47H70N8O11/c1-27(2)34(39(60)54-47(12,13)42(63)65-14)52-36(57)28(3)48-37(58)32(25-30-21-17-15-18-22-30)51-41(62)45(8,9)53-38(59)33(26-31-23-19-16-20-24-31)50-35(56)29(4)49-40(61)46(10,11)55-43(64)66-44(5,6)7/h15-24,27-29,32-34H,25-26H2,1-14H3,(H,48,58)(H,49,61)(H,50,56)(H,51,62)(H,52,57)(H,53,59)(H,54,60)(H,55,64). The molecule has 19 nitrogen and oxygen atoms in total. The highest BCUT2D eigenvalue weighted by Gasteiger charge is 2.39. The third-order valence-corrected chi connectivity index (χ3v) is 10.1. The van der Waals surface area contributed by atoms with E-state index in [2.05, 4.69) is 42.5 Å². The molecule has 0 saturated heterocycles. The maximum Gasteiger partial charge on any atom is 0.408 e. The Morgan fingerprint density at radius 3 is 1.38 bits per heavy atom. The van der Waals surface area contributed by atoms with Crippen LogP contribution in [0, 0.1) is 5.92 Å². The Morgan fingerprint density at radius 1 is 0.485 bits per heavy atom. The molecule has 0 bridgehead atoms. The molecule has 5 atom stereocenters. The summed E-state index contributed by atoms with van der Waals surface area (Å²) in [4.78, 5) is 120. The number of nitrogens with one attached hydrogen (secondary N) is 8. The number of hydrogen-bond acceptors (Lipinski definition) is 11. The number of ether oxygens (including phenoxy) is 2. The normalized spacial score (nSPS) is 14.1. The van der Waals surface area contributed by atoms with Crippen LogP contribution in [0.1, 0.15) is 101 Å². The molecule has 0 heterocycles. The first-order valence-corrected chi connectivity index (χ1v) is 21.7. The zero-order chi connectivity index (χ0) is 50.4. The van der Waals surface area contributed by atoms with Crippen LogP contribution in [-0.4, -0.2) is 113 Å². The van der Waals surface area contributed by atoms with Crippen molar-refractivity contribution in [2.75, 3.05) is 7.11 Å². The molecule has 2 aromatic carbocycles. The van der Waals surface area contributed by atoms with Gasteiger partial charge in [-0.3, -0.25) is 33.6 Å². The Balaban J connectivity index is 2.28. The van der Waals surface area contributed by atoms with E-state index < -0.39 is 112 Å². The van der Waals surface area contributed by atoms with Gasteiger partial charge in [-0.25, -0.2) is 9.59 Å². The van der Waals surface area contributed by atoms with Gasteiger partial charge in [0.1, 0.15) is 52.4 Å². The van der Waals surface area contributed by atoms with Crippen molar-refractivity contribution in [2.24, 2.45) is 5.92 Å². The predicted octanol–water partition coefficient (Wildman–Crippen LogP) is 1.86. The molecule has 0 aromatic heterocycles. The van der Waals surface area contributed by atoms with Crippen molar-refractivity contribution in [3.8, 4) is 0 Å². The Kier molecular flexibility index (Phi) is 19.9. The second-order valence-electron chi connectivity index (χ2n) is 19.1. The van der Waals surface area contributed by atoms with Crippen LogP contribution in [0.3, 0.4) is 0 Å². The van der Waals surface area contributed by atoms with Gasteiger partial charge in [0.2, 0.25) is 41.4 Å². The van der Waals surface area contributed by atoms with Gasteiger partial charge >= 0.3 is 12.1 Å². The van der Waals surface area contributed by atoms with Crippen LogP contribution in [-0.2, 0) is 60.7 Å². The number of esters is 1. The number of benzene rings is 2. The van der Waals surface area contributed by atoms with Gasteiger partial charge in [-0.15, -0.1) is 0 Å². The molecule has 0 fully saturated rings. The van der Waals surface area contributed by atoms with Crippen molar-refractivity contribution < 1.29 is 52.6 Å². The molecule has 5 unspecified atom stereocenters. The topological polar surface area (TPSA) is 268 Å². The van der Waals surface area contributed by atoms with Crippen molar-refractivity contribution in [1.82, 2.24) is 42.5 Å². The number of amides is 8. The van der Waals surface area contributed by atoms with E-state index in [1.54, 1.807) is 95.3 Å². The number of hydrogen-bond donors (Lipinski definition) is 8. The van der Waals surface area contributed by atoms with Crippen LogP contribution in [0.15, 0.2) is 60.7 Å². The smallest absolute Gasteiger partial charge is 0.408 e. The van der Waals surface area contributed by atoms with Crippen LogP contribution in [0.5, 0.6) is 0 Å². The molecule has 8 N–H and O–H groups in total. The van der Waals surface area contributed by atoms with E-state index >= 15 is 0 Å². The van der Waals surface area contributed by atoms with Crippen molar-refractivity contribution in [3.05, 3.63) is 71.8 Å². The van der Waals surface area contributed by atoms with E-state index in [1.165, 1.54) is 62.5 Å². The minimum atomic E-state index is -1.69. The lowest BCUT2D eigenvalue weighted by atomic mass is 9.98. The molecular formula is C47H70N8O11. The summed E-state index contributed by atoms with van der Waals surface area (Å²) in [6.45, 7) is 19.8. The Bertz CT molecular complexity index is 2050. The van der Waals surface area contributed by atoms with Crippen molar-refractivity contribution in [1.29, 1.82) is 0 Å². The Labute approximate surface area is 387 Å². The quantitative estimate of drug-likeness (QED) is 0.0838. The van der Waals surface area contributed by atoms with Gasteiger partial charge in [0, 0.05) is 12.8 Å². The molecule has 2 rings (SSSR count). The largest absolute Gasteiger partial charge is 0.467 e. The van der Waals surface area contributed by atoms with E-state index in [1.807, 2.05) is 0 Å². The monoisotopic (exact) mass is 923 g/mol. The van der Waals surface area contributed by atoms with Gasteiger partial charge < -0.3 is 52.0 Å². The maximum atomic E-state index is 14.1. The van der Waals surface area contributed by atoms with Gasteiger partial charge in [-0.1, -0.05) is 74.5 Å². The Hall–Kier alpha value is -6.53. The first kappa shape index (κ1) is 55.6. The summed E-state index contributed by atoms with van der Waals surface area (Å²) in [5.74, 6) is -6.20. The number of alkyl carbamates (subject to hydrolysis) is 1. The average Bonchev–Trinajstić information content (AvgIpc) is 3.20. The average molecular weight is 923 g/mol. The van der Waals surface area contributed by atoms with E-state index in [-0.39, 0.29) is 12.8 Å². The summed E-state index contributed by atoms with van der Waals surface area (Å²) in [7, 11) is 1.18. The number of rotatable bonds is 21. The molecule has 0 aliphatic rings. The first-order chi connectivity index (χ1) is 30.4. The molecule has 364 valence electrons. The SMILES string of the molecule is COC(=O)C(C)(C)NC(=O)C(NC(=O)C(C)NC(=O)C(Cc1ccccc1)NC(=O)C(C)(C)NC(=O)C(Cc1ccccc1)NC(=O)C(C)NC(=O)C(C)(C)NC(=O)OC(C)(C)C)C(C)C. The summed E-state index contributed by atoms with van der Waals surface area (Å²) in [6, 6.07) is 11.5. The van der Waals surface area contributed by atoms with Crippen molar-refractivity contribution in [3.63, 3.8) is 0 Å². The van der Waals surface area contributed by atoms with Crippen LogP contribution < -0.4 is 42.5 Å². The lowest BCUT2D eigenvalue weighted by Crippen LogP contribution is -2.64.